The van der Waals surface area contributed by atoms with Crippen LogP contribution in [0.2, 0.25) is 0 Å². The van der Waals surface area contributed by atoms with E-state index in [9.17, 15) is 4.79 Å². The van der Waals surface area contributed by atoms with Gasteiger partial charge in [0.25, 0.3) is 0 Å². The highest BCUT2D eigenvalue weighted by molar-refractivity contribution is 9.11. The van der Waals surface area contributed by atoms with Crippen molar-refractivity contribution in [3.63, 3.8) is 0 Å². The van der Waals surface area contributed by atoms with Gasteiger partial charge in [-0.3, -0.25) is 4.79 Å². The fourth-order valence-corrected chi connectivity index (χ4v) is 3.00. The van der Waals surface area contributed by atoms with Gasteiger partial charge < -0.3 is 0 Å². The van der Waals surface area contributed by atoms with E-state index in [-0.39, 0.29) is 11.7 Å². The van der Waals surface area contributed by atoms with E-state index >= 15 is 0 Å². The third-order valence-electron chi connectivity index (χ3n) is 3.50. The Morgan fingerprint density at radius 1 is 1.17 bits per heavy atom. The molecule has 1 atom stereocenters. The summed E-state index contributed by atoms with van der Waals surface area (Å²) >= 11 is 3.48. The van der Waals surface area contributed by atoms with Crippen molar-refractivity contribution in [2.45, 2.75) is 12.8 Å². The predicted octanol–water partition coefficient (Wildman–Crippen LogP) is 4.21. The second-order valence-electron chi connectivity index (χ2n) is 4.68. The zero-order valence-electron chi connectivity index (χ0n) is 9.90. The Kier molecular flexibility index (Phi) is 3.04. The van der Waals surface area contributed by atoms with E-state index in [0.29, 0.717) is 6.42 Å². The lowest BCUT2D eigenvalue weighted by Gasteiger charge is -2.21. The number of Topliss-reactive ketones (excluding diaryl/α,β-unsaturated/α-hetero) is 1. The molecule has 2 aliphatic rings. The maximum absolute atomic E-state index is 12.3. The van der Waals surface area contributed by atoms with Gasteiger partial charge in [-0.1, -0.05) is 58.4 Å². The minimum atomic E-state index is 0.213. The molecular weight excluding hydrogens is 288 g/mol. The Balaban J connectivity index is 2.04. The molecule has 0 saturated carbocycles. The van der Waals surface area contributed by atoms with Gasteiger partial charge in [0.1, 0.15) is 0 Å². The Bertz CT molecular complexity index is 593. The van der Waals surface area contributed by atoms with Crippen molar-refractivity contribution in [2.75, 3.05) is 0 Å². The highest BCUT2D eigenvalue weighted by Crippen LogP contribution is 2.31. The fraction of sp³-hybridized carbons (Fsp3) is 0.188. The van der Waals surface area contributed by atoms with E-state index < -0.39 is 0 Å². The monoisotopic (exact) mass is 300 g/mol. The number of hydrogen-bond acceptors (Lipinski definition) is 1. The van der Waals surface area contributed by atoms with Crippen LogP contribution in [0.15, 0.2) is 58.6 Å². The number of ketones is 1. The number of allylic oxidation sites excluding steroid dienone is 6. The minimum absolute atomic E-state index is 0.213. The second-order valence-corrected chi connectivity index (χ2v) is 5.60. The summed E-state index contributed by atoms with van der Waals surface area (Å²) in [5.74, 6) is 0.457. The number of halogens is 1. The number of hydrogen-bond donors (Lipinski definition) is 0. The highest BCUT2D eigenvalue weighted by atomic mass is 79.9. The summed E-state index contributed by atoms with van der Waals surface area (Å²) in [5, 5.41) is 0. The van der Waals surface area contributed by atoms with Crippen LogP contribution in [0.4, 0.5) is 0 Å². The van der Waals surface area contributed by atoms with E-state index in [4.69, 9.17) is 0 Å². The number of rotatable bonds is 0. The Hall–Kier alpha value is -1.41. The van der Waals surface area contributed by atoms with Crippen molar-refractivity contribution in [3.05, 3.63) is 69.8 Å². The molecule has 90 valence electrons. The van der Waals surface area contributed by atoms with Crippen LogP contribution in [-0.2, 0) is 6.42 Å². The number of benzene rings is 1. The first-order chi connectivity index (χ1) is 8.74. The first kappa shape index (κ1) is 11.7. The standard InChI is InChI=1S/C16H13BrO/c17-14-8-7-11-5-6-12-3-1-2-4-15(12)16(18)10-13(11)9-14/h1-5,7-9,13H,6,10H2/b11-5-. The summed E-state index contributed by atoms with van der Waals surface area (Å²) < 4.78 is 1.06. The van der Waals surface area contributed by atoms with Crippen molar-refractivity contribution >= 4 is 21.7 Å². The average Bonchev–Trinajstić information content (AvgIpc) is 2.36. The molecule has 0 aliphatic heterocycles. The number of carbonyl (C=O) groups is 1. The third-order valence-corrected chi connectivity index (χ3v) is 4.03. The van der Waals surface area contributed by atoms with Crippen molar-refractivity contribution in [2.24, 2.45) is 5.92 Å². The van der Waals surface area contributed by atoms with Crippen LogP contribution >= 0.6 is 15.9 Å². The molecule has 1 aromatic carbocycles. The Morgan fingerprint density at radius 2 is 2.00 bits per heavy atom. The molecule has 2 heteroatoms. The maximum Gasteiger partial charge on any atom is 0.164 e. The van der Waals surface area contributed by atoms with Crippen molar-refractivity contribution in [1.29, 1.82) is 0 Å². The van der Waals surface area contributed by atoms with Crippen molar-refractivity contribution in [1.82, 2.24) is 0 Å². The molecule has 1 unspecified atom stereocenters. The summed E-state index contributed by atoms with van der Waals surface area (Å²) in [6.07, 6.45) is 9.90. The molecule has 0 amide bonds. The van der Waals surface area contributed by atoms with E-state index in [2.05, 4.69) is 34.2 Å². The molecule has 0 aromatic heterocycles. The van der Waals surface area contributed by atoms with Gasteiger partial charge in [0, 0.05) is 22.4 Å². The first-order valence-corrected chi connectivity index (χ1v) is 6.90. The lowest BCUT2D eigenvalue weighted by Crippen LogP contribution is -2.14. The van der Waals surface area contributed by atoms with Gasteiger partial charge in [-0.15, -0.1) is 0 Å². The summed E-state index contributed by atoms with van der Waals surface area (Å²) in [6.45, 7) is 0. The predicted molar refractivity (Wildman–Crippen MR) is 76.8 cm³/mol. The van der Waals surface area contributed by atoms with Gasteiger partial charge in [-0.2, -0.15) is 0 Å². The molecule has 18 heavy (non-hydrogen) atoms. The zero-order valence-corrected chi connectivity index (χ0v) is 11.5. The van der Waals surface area contributed by atoms with E-state index in [1.165, 1.54) is 5.57 Å². The average molecular weight is 301 g/mol. The molecule has 2 aliphatic carbocycles. The van der Waals surface area contributed by atoms with Crippen LogP contribution in [-0.4, -0.2) is 5.78 Å². The second kappa shape index (κ2) is 4.69. The quantitative estimate of drug-likeness (QED) is 0.701. The molecule has 0 fully saturated rings. The normalized spacial score (nSPS) is 25.2. The zero-order chi connectivity index (χ0) is 12.5. The van der Waals surface area contributed by atoms with Gasteiger partial charge in [0.05, 0.1) is 0 Å². The van der Waals surface area contributed by atoms with Gasteiger partial charge in [0.2, 0.25) is 0 Å². The van der Waals surface area contributed by atoms with Crippen molar-refractivity contribution < 1.29 is 4.79 Å². The molecule has 0 spiro atoms. The summed E-state index contributed by atoms with van der Waals surface area (Å²) in [5.41, 5.74) is 3.27. The van der Waals surface area contributed by atoms with E-state index in [0.717, 1.165) is 22.0 Å². The minimum Gasteiger partial charge on any atom is -0.294 e. The van der Waals surface area contributed by atoms with Crippen LogP contribution in [0.1, 0.15) is 22.3 Å². The fourth-order valence-electron chi connectivity index (χ4n) is 2.55. The maximum atomic E-state index is 12.3. The van der Waals surface area contributed by atoms with Crippen LogP contribution < -0.4 is 0 Å². The summed E-state index contributed by atoms with van der Waals surface area (Å²) in [6, 6.07) is 7.92. The molecule has 0 saturated heterocycles. The molecule has 0 bridgehead atoms. The highest BCUT2D eigenvalue weighted by Gasteiger charge is 2.22. The van der Waals surface area contributed by atoms with E-state index in [1.807, 2.05) is 30.3 Å². The molecular formula is C16H13BrO. The van der Waals surface area contributed by atoms with Gasteiger partial charge in [-0.05, 0) is 23.6 Å². The van der Waals surface area contributed by atoms with Crippen molar-refractivity contribution in [3.8, 4) is 0 Å². The van der Waals surface area contributed by atoms with Gasteiger partial charge in [-0.25, -0.2) is 0 Å². The molecule has 3 rings (SSSR count). The molecule has 0 radical (unpaired) electrons. The Labute approximate surface area is 115 Å². The largest absolute Gasteiger partial charge is 0.294 e. The summed E-state index contributed by atoms with van der Waals surface area (Å²) in [7, 11) is 0. The van der Waals surface area contributed by atoms with Crippen LogP contribution in [0.3, 0.4) is 0 Å². The topological polar surface area (TPSA) is 17.1 Å². The smallest absolute Gasteiger partial charge is 0.164 e. The number of carbonyl (C=O) groups excluding carboxylic acids is 1. The molecule has 1 nitrogen and oxygen atoms in total. The third kappa shape index (κ3) is 2.13. The van der Waals surface area contributed by atoms with Gasteiger partial charge >= 0.3 is 0 Å². The van der Waals surface area contributed by atoms with Crippen LogP contribution in [0, 0.1) is 5.92 Å². The first-order valence-electron chi connectivity index (χ1n) is 6.10. The number of fused-ring (bicyclic) bond motifs is 2. The van der Waals surface area contributed by atoms with E-state index in [1.54, 1.807) is 0 Å². The molecule has 1 aromatic rings. The summed E-state index contributed by atoms with van der Waals surface area (Å²) in [4.78, 5) is 12.3. The van der Waals surface area contributed by atoms with Crippen LogP contribution in [0.25, 0.3) is 0 Å². The molecule has 0 heterocycles. The Morgan fingerprint density at radius 3 is 2.89 bits per heavy atom. The lowest BCUT2D eigenvalue weighted by molar-refractivity contribution is 0.0972. The molecule has 0 N–H and O–H groups in total. The van der Waals surface area contributed by atoms with Crippen LogP contribution in [0.5, 0.6) is 0 Å². The lowest BCUT2D eigenvalue weighted by atomic mass is 9.84. The van der Waals surface area contributed by atoms with Gasteiger partial charge in [0.15, 0.2) is 5.78 Å². The SMILES string of the molecule is O=C1CC2C=C(Br)C=C/C2=C/Cc2ccccc21.